The predicted molar refractivity (Wildman–Crippen MR) is 110 cm³/mol. The topological polar surface area (TPSA) is 98.9 Å². The van der Waals surface area contributed by atoms with Gasteiger partial charge in [0.2, 0.25) is 0 Å². The molecule has 0 radical (unpaired) electrons. The van der Waals surface area contributed by atoms with Crippen LogP contribution in [0.3, 0.4) is 0 Å². The van der Waals surface area contributed by atoms with Crippen LogP contribution in [0.1, 0.15) is 53.4 Å². The summed E-state index contributed by atoms with van der Waals surface area (Å²) in [4.78, 5) is 28.5. The predicted octanol–water partition coefficient (Wildman–Crippen LogP) is 5.35. The number of carbonyl (C=O) groups is 2. The molecule has 0 atom stereocenters. The van der Waals surface area contributed by atoms with E-state index in [2.05, 4.69) is 4.98 Å². The molecule has 7 heteroatoms. The van der Waals surface area contributed by atoms with E-state index in [1.54, 1.807) is 31.2 Å². The first-order valence-electron chi connectivity index (χ1n) is 9.80. The van der Waals surface area contributed by atoms with Crippen LogP contribution < -0.4 is 4.74 Å². The van der Waals surface area contributed by atoms with Gasteiger partial charge in [0.25, 0.3) is 0 Å². The number of oxazole rings is 1. The first-order chi connectivity index (χ1) is 14.5. The zero-order valence-electron chi connectivity index (χ0n) is 16.9. The number of para-hydroxylation sites is 1. The van der Waals surface area contributed by atoms with Gasteiger partial charge in [0.05, 0.1) is 12.2 Å². The van der Waals surface area contributed by atoms with Crippen molar-refractivity contribution in [2.45, 2.75) is 33.1 Å². The summed E-state index contributed by atoms with van der Waals surface area (Å²) in [5.41, 5.74) is 0.202. The van der Waals surface area contributed by atoms with Gasteiger partial charge in [-0.1, -0.05) is 38.5 Å². The fourth-order valence-electron chi connectivity index (χ4n) is 2.81. The highest BCUT2D eigenvalue weighted by Gasteiger charge is 2.25. The van der Waals surface area contributed by atoms with Crippen LogP contribution in [0.2, 0.25) is 0 Å². The Morgan fingerprint density at radius 1 is 1.07 bits per heavy atom. The SMILES string of the molecule is CCCCOC(=O)c1cc(Oc2ccccc2)ccc1-c1oc(CC)nc1C(=O)O. The normalized spacial score (nSPS) is 10.6. The molecule has 0 fully saturated rings. The zero-order valence-corrected chi connectivity index (χ0v) is 16.9. The summed E-state index contributed by atoms with van der Waals surface area (Å²) in [6.07, 6.45) is 2.03. The van der Waals surface area contributed by atoms with E-state index in [0.717, 1.165) is 12.8 Å². The minimum Gasteiger partial charge on any atom is -0.476 e. The first kappa shape index (κ1) is 21.1. The maximum atomic E-state index is 12.8. The van der Waals surface area contributed by atoms with Gasteiger partial charge in [-0.25, -0.2) is 14.6 Å². The number of esters is 1. The molecule has 156 valence electrons. The molecule has 0 amide bonds. The Hall–Kier alpha value is -3.61. The van der Waals surface area contributed by atoms with Crippen LogP contribution in [0.4, 0.5) is 0 Å². The number of benzene rings is 2. The number of aromatic nitrogens is 1. The van der Waals surface area contributed by atoms with Crippen LogP contribution in [0.5, 0.6) is 11.5 Å². The second-order valence-electron chi connectivity index (χ2n) is 6.56. The molecule has 0 bridgehead atoms. The Morgan fingerprint density at radius 3 is 2.50 bits per heavy atom. The lowest BCUT2D eigenvalue weighted by atomic mass is 10.0. The van der Waals surface area contributed by atoms with Crippen LogP contribution >= 0.6 is 0 Å². The molecule has 0 saturated carbocycles. The molecule has 0 aliphatic carbocycles. The number of nitrogens with zero attached hydrogens (tertiary/aromatic N) is 1. The number of carboxylic acid groups (broad SMARTS) is 1. The van der Waals surface area contributed by atoms with E-state index in [1.165, 1.54) is 6.07 Å². The Bertz CT molecular complexity index is 1030. The van der Waals surface area contributed by atoms with Crippen molar-refractivity contribution in [1.29, 1.82) is 0 Å². The molecule has 1 N–H and O–H groups in total. The number of aromatic carboxylic acids is 1. The number of hydrogen-bond acceptors (Lipinski definition) is 6. The monoisotopic (exact) mass is 409 g/mol. The van der Waals surface area contributed by atoms with Gasteiger partial charge >= 0.3 is 11.9 Å². The highest BCUT2D eigenvalue weighted by atomic mass is 16.5. The fraction of sp³-hybridized carbons (Fsp3) is 0.261. The summed E-state index contributed by atoms with van der Waals surface area (Å²) in [6, 6.07) is 13.9. The molecule has 1 heterocycles. The third kappa shape index (κ3) is 4.86. The third-order valence-corrected chi connectivity index (χ3v) is 4.34. The Balaban J connectivity index is 2.04. The van der Waals surface area contributed by atoms with Crippen molar-refractivity contribution in [2.24, 2.45) is 0 Å². The number of hydrogen-bond donors (Lipinski definition) is 1. The third-order valence-electron chi connectivity index (χ3n) is 4.34. The van der Waals surface area contributed by atoms with E-state index in [1.807, 2.05) is 25.1 Å². The zero-order chi connectivity index (χ0) is 21.5. The van der Waals surface area contributed by atoms with Crippen molar-refractivity contribution in [3.8, 4) is 22.8 Å². The van der Waals surface area contributed by atoms with Crippen LogP contribution in [-0.2, 0) is 11.2 Å². The van der Waals surface area contributed by atoms with E-state index >= 15 is 0 Å². The number of aryl methyl sites for hydroxylation is 1. The Labute approximate surface area is 174 Å². The van der Waals surface area contributed by atoms with E-state index in [-0.39, 0.29) is 29.5 Å². The summed E-state index contributed by atoms with van der Waals surface area (Å²) in [5, 5.41) is 9.52. The minimum atomic E-state index is -1.23. The van der Waals surface area contributed by atoms with Crippen LogP contribution in [0, 0.1) is 0 Å². The molecule has 3 rings (SSSR count). The van der Waals surface area contributed by atoms with Crippen molar-refractivity contribution in [3.63, 3.8) is 0 Å². The molecule has 0 spiro atoms. The van der Waals surface area contributed by atoms with Gasteiger partial charge in [-0.15, -0.1) is 0 Å². The van der Waals surface area contributed by atoms with E-state index in [9.17, 15) is 14.7 Å². The highest BCUT2D eigenvalue weighted by Crippen LogP contribution is 2.33. The van der Waals surface area contributed by atoms with Crippen LogP contribution in [0.15, 0.2) is 52.9 Å². The van der Waals surface area contributed by atoms with Gasteiger partial charge in [0.1, 0.15) is 11.5 Å². The van der Waals surface area contributed by atoms with Gasteiger partial charge < -0.3 is 19.0 Å². The summed E-state index contributed by atoms with van der Waals surface area (Å²) in [7, 11) is 0. The summed E-state index contributed by atoms with van der Waals surface area (Å²) >= 11 is 0. The molecule has 30 heavy (non-hydrogen) atoms. The van der Waals surface area contributed by atoms with E-state index in [0.29, 0.717) is 23.5 Å². The van der Waals surface area contributed by atoms with Crippen molar-refractivity contribution in [1.82, 2.24) is 4.98 Å². The lowest BCUT2D eigenvalue weighted by Gasteiger charge is -2.12. The van der Waals surface area contributed by atoms with Crippen molar-refractivity contribution < 1.29 is 28.6 Å². The highest BCUT2D eigenvalue weighted by molar-refractivity contribution is 6.00. The molecule has 7 nitrogen and oxygen atoms in total. The Morgan fingerprint density at radius 2 is 1.83 bits per heavy atom. The summed E-state index contributed by atoms with van der Waals surface area (Å²) in [5.74, 6) is -0.495. The average molecular weight is 409 g/mol. The van der Waals surface area contributed by atoms with Crippen molar-refractivity contribution >= 4 is 11.9 Å². The molecular formula is C23H23NO6. The molecule has 2 aromatic carbocycles. The number of ether oxygens (including phenoxy) is 2. The lowest BCUT2D eigenvalue weighted by molar-refractivity contribution is 0.0499. The van der Waals surface area contributed by atoms with Gasteiger partial charge in [-0.3, -0.25) is 0 Å². The lowest BCUT2D eigenvalue weighted by Crippen LogP contribution is -2.09. The maximum Gasteiger partial charge on any atom is 0.358 e. The average Bonchev–Trinajstić information content (AvgIpc) is 3.19. The smallest absolute Gasteiger partial charge is 0.358 e. The van der Waals surface area contributed by atoms with Crippen molar-refractivity contribution in [2.75, 3.05) is 6.61 Å². The minimum absolute atomic E-state index is 0.0213. The Kier molecular flexibility index (Phi) is 6.85. The number of carbonyl (C=O) groups excluding carboxylic acids is 1. The van der Waals surface area contributed by atoms with E-state index in [4.69, 9.17) is 13.9 Å². The summed E-state index contributed by atoms with van der Waals surface area (Å²) < 4.78 is 16.8. The molecule has 0 aliphatic rings. The molecular weight excluding hydrogens is 386 g/mol. The fourth-order valence-corrected chi connectivity index (χ4v) is 2.81. The molecule has 0 saturated heterocycles. The van der Waals surface area contributed by atoms with Gasteiger partial charge in [0.15, 0.2) is 17.3 Å². The van der Waals surface area contributed by atoms with Gasteiger partial charge in [-0.2, -0.15) is 0 Å². The van der Waals surface area contributed by atoms with E-state index < -0.39 is 11.9 Å². The number of unbranched alkanes of at least 4 members (excludes halogenated alkanes) is 1. The first-order valence-corrected chi connectivity index (χ1v) is 9.80. The second kappa shape index (κ2) is 9.73. The number of rotatable bonds is 9. The largest absolute Gasteiger partial charge is 0.476 e. The molecule has 3 aromatic rings. The molecule has 0 aliphatic heterocycles. The van der Waals surface area contributed by atoms with Gasteiger partial charge in [0, 0.05) is 12.0 Å². The second-order valence-corrected chi connectivity index (χ2v) is 6.56. The standard InChI is InChI=1S/C23H23NO6/c1-3-5-13-28-23(27)18-14-16(29-15-9-7-6-8-10-15)11-12-17(18)21-20(22(25)26)24-19(4-2)30-21/h6-12,14H,3-5,13H2,1-2H3,(H,25,26). The summed E-state index contributed by atoms with van der Waals surface area (Å²) in [6.45, 7) is 4.06. The maximum absolute atomic E-state index is 12.8. The molecule has 1 aromatic heterocycles. The van der Waals surface area contributed by atoms with Crippen molar-refractivity contribution in [3.05, 3.63) is 65.7 Å². The van der Waals surface area contributed by atoms with Crippen LogP contribution in [0.25, 0.3) is 11.3 Å². The number of carboxylic acids is 1. The molecule has 0 unspecified atom stereocenters. The quantitative estimate of drug-likeness (QED) is 0.375. The van der Waals surface area contributed by atoms with Gasteiger partial charge in [-0.05, 0) is 36.8 Å². The van der Waals surface area contributed by atoms with Crippen LogP contribution in [-0.4, -0.2) is 28.6 Å².